The molecule has 1 heterocycles. The van der Waals surface area contributed by atoms with Crippen LogP contribution in [0.4, 0.5) is 13.2 Å². The number of alkyl halides is 3. The molecule has 0 aromatic carbocycles. The summed E-state index contributed by atoms with van der Waals surface area (Å²) in [6.07, 6.45) is -4.25. The summed E-state index contributed by atoms with van der Waals surface area (Å²) in [6, 6.07) is 0. The molecule has 1 aliphatic rings. The summed E-state index contributed by atoms with van der Waals surface area (Å²) >= 11 is 0. The lowest BCUT2D eigenvalue weighted by Crippen LogP contribution is -2.50. The third-order valence-electron chi connectivity index (χ3n) is 2.68. The van der Waals surface area contributed by atoms with Crippen LogP contribution in [0, 0.1) is 0 Å². The van der Waals surface area contributed by atoms with Gasteiger partial charge < -0.3 is 10.2 Å². The van der Waals surface area contributed by atoms with Gasteiger partial charge in [-0.2, -0.15) is 13.2 Å². The molecule has 17 heavy (non-hydrogen) atoms. The average Bonchev–Trinajstić information content (AvgIpc) is 2.27. The second kappa shape index (κ2) is 6.20. The number of rotatable bonds is 4. The molecular weight excluding hydrogens is 235 g/mol. The van der Waals surface area contributed by atoms with Gasteiger partial charge in [0.2, 0.25) is 5.91 Å². The minimum atomic E-state index is -4.25. The summed E-state index contributed by atoms with van der Waals surface area (Å²) < 4.78 is 36.6. The van der Waals surface area contributed by atoms with E-state index in [1.165, 1.54) is 0 Å². The van der Waals surface area contributed by atoms with Crippen LogP contribution in [0.1, 0.15) is 6.92 Å². The minimum Gasteiger partial charge on any atom is -0.339 e. The van der Waals surface area contributed by atoms with Crippen molar-refractivity contribution in [3.05, 3.63) is 0 Å². The number of amides is 1. The van der Waals surface area contributed by atoms with Crippen molar-refractivity contribution in [3.8, 4) is 0 Å². The molecule has 0 radical (unpaired) electrons. The van der Waals surface area contributed by atoms with Gasteiger partial charge in [-0.1, -0.05) is 6.92 Å². The van der Waals surface area contributed by atoms with E-state index >= 15 is 0 Å². The SMILES string of the molecule is CCN(CC(=O)N1CCNCC1)CC(F)(F)F. The van der Waals surface area contributed by atoms with E-state index in [-0.39, 0.29) is 19.0 Å². The maximum Gasteiger partial charge on any atom is 0.401 e. The highest BCUT2D eigenvalue weighted by Gasteiger charge is 2.31. The lowest BCUT2D eigenvalue weighted by molar-refractivity contribution is -0.151. The average molecular weight is 253 g/mol. The van der Waals surface area contributed by atoms with E-state index in [1.54, 1.807) is 11.8 Å². The minimum absolute atomic E-state index is 0.157. The number of hydrogen-bond donors (Lipinski definition) is 1. The van der Waals surface area contributed by atoms with Crippen molar-refractivity contribution in [2.75, 3.05) is 45.8 Å². The largest absolute Gasteiger partial charge is 0.401 e. The summed E-state index contributed by atoms with van der Waals surface area (Å²) in [5.41, 5.74) is 0. The number of halogens is 3. The van der Waals surface area contributed by atoms with Crippen molar-refractivity contribution >= 4 is 5.91 Å². The predicted octanol–water partition coefficient (Wildman–Crippen LogP) is 0.302. The Bertz CT molecular complexity index is 252. The Morgan fingerprint density at radius 3 is 2.41 bits per heavy atom. The number of carbonyl (C=O) groups excluding carboxylic acids is 1. The number of nitrogens with one attached hydrogen (secondary N) is 1. The van der Waals surface area contributed by atoms with Crippen LogP contribution in [0.2, 0.25) is 0 Å². The molecule has 0 saturated carbocycles. The van der Waals surface area contributed by atoms with Gasteiger partial charge in [-0.25, -0.2) is 0 Å². The summed E-state index contributed by atoms with van der Waals surface area (Å²) in [5.74, 6) is -0.224. The maximum absolute atomic E-state index is 12.2. The first kappa shape index (κ1) is 14.2. The van der Waals surface area contributed by atoms with E-state index in [4.69, 9.17) is 0 Å². The highest BCUT2D eigenvalue weighted by molar-refractivity contribution is 5.78. The van der Waals surface area contributed by atoms with Gasteiger partial charge in [-0.05, 0) is 6.54 Å². The van der Waals surface area contributed by atoms with Crippen LogP contribution in [-0.2, 0) is 4.79 Å². The molecule has 0 aliphatic carbocycles. The highest BCUT2D eigenvalue weighted by Crippen LogP contribution is 2.16. The van der Waals surface area contributed by atoms with Crippen LogP contribution in [0.15, 0.2) is 0 Å². The third-order valence-corrected chi connectivity index (χ3v) is 2.68. The predicted molar refractivity (Wildman–Crippen MR) is 57.6 cm³/mol. The molecule has 0 bridgehead atoms. The van der Waals surface area contributed by atoms with Crippen LogP contribution < -0.4 is 5.32 Å². The molecule has 0 spiro atoms. The van der Waals surface area contributed by atoms with Gasteiger partial charge in [0.15, 0.2) is 0 Å². The van der Waals surface area contributed by atoms with Gasteiger partial charge in [0.25, 0.3) is 0 Å². The number of carbonyl (C=O) groups is 1. The molecule has 7 heteroatoms. The molecule has 1 aliphatic heterocycles. The van der Waals surface area contributed by atoms with Gasteiger partial charge in [0.05, 0.1) is 13.1 Å². The number of likely N-dealkylation sites (N-methyl/N-ethyl adjacent to an activating group) is 1. The zero-order chi connectivity index (χ0) is 12.9. The zero-order valence-corrected chi connectivity index (χ0v) is 9.89. The van der Waals surface area contributed by atoms with Gasteiger partial charge in [-0.15, -0.1) is 0 Å². The Labute approximate surface area is 98.7 Å². The summed E-state index contributed by atoms with van der Waals surface area (Å²) in [4.78, 5) is 14.5. The smallest absolute Gasteiger partial charge is 0.339 e. The van der Waals surface area contributed by atoms with Gasteiger partial charge in [0, 0.05) is 26.2 Å². The molecule has 1 N–H and O–H groups in total. The molecule has 0 atom stereocenters. The first-order chi connectivity index (χ1) is 7.92. The van der Waals surface area contributed by atoms with Crippen LogP contribution in [-0.4, -0.2) is 67.7 Å². The van der Waals surface area contributed by atoms with Crippen molar-refractivity contribution in [1.29, 1.82) is 0 Å². The normalized spacial score (nSPS) is 17.6. The van der Waals surface area contributed by atoms with Gasteiger partial charge in [0.1, 0.15) is 0 Å². The fourth-order valence-electron chi connectivity index (χ4n) is 1.74. The lowest BCUT2D eigenvalue weighted by Gasteiger charge is -2.30. The van der Waals surface area contributed by atoms with Gasteiger partial charge in [-0.3, -0.25) is 9.69 Å². The molecule has 0 aromatic rings. The summed E-state index contributed by atoms with van der Waals surface area (Å²) in [7, 11) is 0. The molecular formula is C10H18F3N3O. The topological polar surface area (TPSA) is 35.6 Å². The van der Waals surface area contributed by atoms with Crippen LogP contribution in [0.3, 0.4) is 0 Å². The third kappa shape index (κ3) is 5.36. The second-order valence-electron chi connectivity index (χ2n) is 4.05. The number of nitrogens with zero attached hydrogens (tertiary/aromatic N) is 2. The Morgan fingerprint density at radius 2 is 1.94 bits per heavy atom. The molecule has 0 aromatic heterocycles. The van der Waals surface area contributed by atoms with Crippen molar-refractivity contribution in [3.63, 3.8) is 0 Å². The molecule has 1 rings (SSSR count). The van der Waals surface area contributed by atoms with Crippen LogP contribution >= 0.6 is 0 Å². The Kier molecular flexibility index (Phi) is 5.20. The Balaban J connectivity index is 2.41. The molecule has 100 valence electrons. The number of piperazine rings is 1. The van der Waals surface area contributed by atoms with Crippen LogP contribution in [0.25, 0.3) is 0 Å². The molecule has 4 nitrogen and oxygen atoms in total. The van der Waals surface area contributed by atoms with E-state index in [9.17, 15) is 18.0 Å². The molecule has 1 amide bonds. The fourth-order valence-corrected chi connectivity index (χ4v) is 1.74. The Morgan fingerprint density at radius 1 is 1.35 bits per heavy atom. The zero-order valence-electron chi connectivity index (χ0n) is 9.89. The van der Waals surface area contributed by atoms with Crippen LogP contribution in [0.5, 0.6) is 0 Å². The fraction of sp³-hybridized carbons (Fsp3) is 0.900. The van der Waals surface area contributed by atoms with E-state index < -0.39 is 12.7 Å². The lowest BCUT2D eigenvalue weighted by atomic mass is 10.3. The highest BCUT2D eigenvalue weighted by atomic mass is 19.4. The monoisotopic (exact) mass is 253 g/mol. The Hall–Kier alpha value is -0.820. The van der Waals surface area contributed by atoms with Crippen molar-refractivity contribution < 1.29 is 18.0 Å². The summed E-state index contributed by atoms with van der Waals surface area (Å²) in [6.45, 7) is 3.21. The van der Waals surface area contributed by atoms with E-state index in [2.05, 4.69) is 5.32 Å². The first-order valence-electron chi connectivity index (χ1n) is 5.70. The van der Waals surface area contributed by atoms with E-state index in [0.717, 1.165) is 4.90 Å². The summed E-state index contributed by atoms with van der Waals surface area (Å²) in [5, 5.41) is 3.09. The quantitative estimate of drug-likeness (QED) is 0.783. The first-order valence-corrected chi connectivity index (χ1v) is 5.70. The second-order valence-corrected chi connectivity index (χ2v) is 4.05. The van der Waals surface area contributed by atoms with E-state index in [1.807, 2.05) is 0 Å². The maximum atomic E-state index is 12.2. The molecule has 0 unspecified atom stereocenters. The standard InChI is InChI=1S/C10H18F3N3O/c1-2-15(8-10(11,12)13)7-9(17)16-5-3-14-4-6-16/h14H,2-8H2,1H3. The molecule has 1 saturated heterocycles. The van der Waals surface area contributed by atoms with Gasteiger partial charge >= 0.3 is 6.18 Å². The number of hydrogen-bond acceptors (Lipinski definition) is 3. The van der Waals surface area contributed by atoms with E-state index in [0.29, 0.717) is 26.2 Å². The molecule has 1 fully saturated rings. The van der Waals surface area contributed by atoms with Crippen molar-refractivity contribution in [2.45, 2.75) is 13.1 Å². The van der Waals surface area contributed by atoms with Crippen molar-refractivity contribution in [2.24, 2.45) is 0 Å². The van der Waals surface area contributed by atoms with Crippen molar-refractivity contribution in [1.82, 2.24) is 15.1 Å².